The van der Waals surface area contributed by atoms with Crippen LogP contribution < -0.4 is 5.32 Å². The van der Waals surface area contributed by atoms with E-state index < -0.39 is 11.9 Å². The molecule has 2 aromatic carbocycles. The smallest absolute Gasteiger partial charge is 0.224 e. The van der Waals surface area contributed by atoms with Crippen LogP contribution in [0.4, 0.5) is 4.39 Å². The number of carbonyl (C=O) groups is 1. The molecule has 0 aliphatic carbocycles. The number of amides is 1. The molecule has 1 atom stereocenters. The van der Waals surface area contributed by atoms with Crippen LogP contribution in [0.15, 0.2) is 48.5 Å². The van der Waals surface area contributed by atoms with Crippen molar-refractivity contribution in [1.29, 1.82) is 0 Å². The average Bonchev–Trinajstić information content (AvgIpc) is 2.45. The zero-order chi connectivity index (χ0) is 15.2. The third kappa shape index (κ3) is 4.55. The van der Waals surface area contributed by atoms with Crippen molar-refractivity contribution in [2.24, 2.45) is 0 Å². The lowest BCUT2D eigenvalue weighted by atomic mass is 10.1. The first kappa shape index (κ1) is 15.5. The minimum absolute atomic E-state index is 0.0413. The molecule has 0 saturated carbocycles. The molecule has 0 radical (unpaired) electrons. The van der Waals surface area contributed by atoms with Crippen LogP contribution in [0.25, 0.3) is 0 Å². The molecule has 0 bridgehead atoms. The molecular weight excluding hydrogens is 293 g/mol. The van der Waals surface area contributed by atoms with E-state index in [9.17, 15) is 14.3 Å². The number of carbonyl (C=O) groups excluding carboxylic acids is 1. The van der Waals surface area contributed by atoms with E-state index in [-0.39, 0.29) is 24.4 Å². The lowest BCUT2D eigenvalue weighted by Gasteiger charge is -2.13. The number of rotatable bonds is 5. The number of hydrogen-bond donors (Lipinski definition) is 2. The standard InChI is InChI=1S/C16H15ClFNO2/c17-12-5-3-4-11(8-12)9-16(21)19-10-15(20)13-6-1-2-7-14(13)18/h1-8,15,20H,9-10H2,(H,19,21). The fraction of sp³-hybridized carbons (Fsp3) is 0.188. The van der Waals surface area contributed by atoms with Gasteiger partial charge in [0.15, 0.2) is 0 Å². The highest BCUT2D eigenvalue weighted by atomic mass is 35.5. The Kier molecular flexibility index (Phi) is 5.31. The Balaban J connectivity index is 1.88. The zero-order valence-electron chi connectivity index (χ0n) is 11.2. The van der Waals surface area contributed by atoms with Crippen LogP contribution in [0.2, 0.25) is 5.02 Å². The van der Waals surface area contributed by atoms with Gasteiger partial charge in [-0.05, 0) is 23.8 Å². The van der Waals surface area contributed by atoms with Crippen molar-refractivity contribution in [2.75, 3.05) is 6.54 Å². The van der Waals surface area contributed by atoms with Crippen molar-refractivity contribution >= 4 is 17.5 Å². The van der Waals surface area contributed by atoms with Gasteiger partial charge in [0.1, 0.15) is 5.82 Å². The molecule has 2 N–H and O–H groups in total. The maximum atomic E-state index is 13.5. The van der Waals surface area contributed by atoms with E-state index in [1.807, 2.05) is 0 Å². The molecule has 2 aromatic rings. The topological polar surface area (TPSA) is 49.3 Å². The summed E-state index contributed by atoms with van der Waals surface area (Å²) in [6.45, 7) is -0.0413. The van der Waals surface area contributed by atoms with Gasteiger partial charge in [-0.1, -0.05) is 41.9 Å². The van der Waals surface area contributed by atoms with Gasteiger partial charge in [-0.25, -0.2) is 4.39 Å². The maximum Gasteiger partial charge on any atom is 0.224 e. The summed E-state index contributed by atoms with van der Waals surface area (Å²) in [5.41, 5.74) is 0.945. The number of aliphatic hydroxyl groups is 1. The summed E-state index contributed by atoms with van der Waals surface area (Å²) in [7, 11) is 0. The van der Waals surface area contributed by atoms with Crippen molar-refractivity contribution in [1.82, 2.24) is 5.32 Å². The Hall–Kier alpha value is -1.91. The number of halogens is 2. The first-order chi connectivity index (χ1) is 10.1. The molecular formula is C16H15ClFNO2. The van der Waals surface area contributed by atoms with Gasteiger partial charge >= 0.3 is 0 Å². The summed E-state index contributed by atoms with van der Waals surface area (Å²) in [5, 5.41) is 13.0. The van der Waals surface area contributed by atoms with Crippen molar-refractivity contribution in [3.63, 3.8) is 0 Å². The van der Waals surface area contributed by atoms with Crippen LogP contribution in [0.1, 0.15) is 17.2 Å². The van der Waals surface area contributed by atoms with Crippen LogP contribution in [0, 0.1) is 5.82 Å². The summed E-state index contributed by atoms with van der Waals surface area (Å²) in [4.78, 5) is 11.8. The van der Waals surface area contributed by atoms with Gasteiger partial charge in [-0.3, -0.25) is 4.79 Å². The molecule has 110 valence electrons. The Morgan fingerprint density at radius 1 is 1.24 bits per heavy atom. The number of hydrogen-bond acceptors (Lipinski definition) is 2. The van der Waals surface area contributed by atoms with Crippen molar-refractivity contribution in [3.8, 4) is 0 Å². The van der Waals surface area contributed by atoms with Gasteiger partial charge in [-0.2, -0.15) is 0 Å². The fourth-order valence-electron chi connectivity index (χ4n) is 1.96. The van der Waals surface area contributed by atoms with Gasteiger partial charge in [0, 0.05) is 17.1 Å². The van der Waals surface area contributed by atoms with Gasteiger partial charge in [0.25, 0.3) is 0 Å². The summed E-state index contributed by atoms with van der Waals surface area (Å²) >= 11 is 5.84. The van der Waals surface area contributed by atoms with E-state index in [1.54, 1.807) is 36.4 Å². The largest absolute Gasteiger partial charge is 0.386 e. The summed E-state index contributed by atoms with van der Waals surface area (Å²) in [5.74, 6) is -0.748. The first-order valence-electron chi connectivity index (χ1n) is 6.50. The minimum Gasteiger partial charge on any atom is -0.386 e. The predicted molar refractivity (Wildman–Crippen MR) is 79.5 cm³/mol. The van der Waals surface area contributed by atoms with Crippen LogP contribution in [0.3, 0.4) is 0 Å². The molecule has 21 heavy (non-hydrogen) atoms. The first-order valence-corrected chi connectivity index (χ1v) is 6.87. The average molecular weight is 308 g/mol. The number of aliphatic hydroxyl groups excluding tert-OH is 1. The molecule has 0 aromatic heterocycles. The van der Waals surface area contributed by atoms with Gasteiger partial charge < -0.3 is 10.4 Å². The Morgan fingerprint density at radius 2 is 2.00 bits per heavy atom. The van der Waals surface area contributed by atoms with E-state index in [1.165, 1.54) is 12.1 Å². The number of benzene rings is 2. The summed E-state index contributed by atoms with van der Waals surface area (Å²) in [6.07, 6.45) is -0.917. The Bertz CT molecular complexity index is 633. The van der Waals surface area contributed by atoms with Crippen LogP contribution >= 0.6 is 11.6 Å². The molecule has 1 amide bonds. The van der Waals surface area contributed by atoms with E-state index in [4.69, 9.17) is 11.6 Å². The number of nitrogens with one attached hydrogen (secondary N) is 1. The molecule has 0 heterocycles. The quantitative estimate of drug-likeness (QED) is 0.892. The highest BCUT2D eigenvalue weighted by molar-refractivity contribution is 6.30. The van der Waals surface area contributed by atoms with Crippen LogP contribution in [-0.2, 0) is 11.2 Å². The van der Waals surface area contributed by atoms with E-state index in [2.05, 4.69) is 5.32 Å². The lowest BCUT2D eigenvalue weighted by Crippen LogP contribution is -2.29. The minimum atomic E-state index is -1.07. The third-order valence-corrected chi connectivity index (χ3v) is 3.25. The summed E-state index contributed by atoms with van der Waals surface area (Å²) in [6, 6.07) is 12.9. The maximum absolute atomic E-state index is 13.5. The molecule has 0 saturated heterocycles. The van der Waals surface area contributed by atoms with E-state index >= 15 is 0 Å². The van der Waals surface area contributed by atoms with Gasteiger partial charge in [0.05, 0.1) is 12.5 Å². The molecule has 5 heteroatoms. The van der Waals surface area contributed by atoms with Gasteiger partial charge in [0.2, 0.25) is 5.91 Å². The molecule has 0 fully saturated rings. The van der Waals surface area contributed by atoms with Gasteiger partial charge in [-0.15, -0.1) is 0 Å². The second-order valence-electron chi connectivity index (χ2n) is 4.65. The van der Waals surface area contributed by atoms with E-state index in [0.29, 0.717) is 5.02 Å². The SMILES string of the molecule is O=C(Cc1cccc(Cl)c1)NCC(O)c1ccccc1F. The Labute approximate surface area is 127 Å². The van der Waals surface area contributed by atoms with Crippen molar-refractivity contribution < 1.29 is 14.3 Å². The highest BCUT2D eigenvalue weighted by Gasteiger charge is 2.13. The van der Waals surface area contributed by atoms with Crippen LogP contribution in [0.5, 0.6) is 0 Å². The second kappa shape index (κ2) is 7.20. The normalized spacial score (nSPS) is 12.0. The monoisotopic (exact) mass is 307 g/mol. The van der Waals surface area contributed by atoms with Crippen LogP contribution in [-0.4, -0.2) is 17.6 Å². The fourth-order valence-corrected chi connectivity index (χ4v) is 2.17. The molecule has 0 aliphatic rings. The Morgan fingerprint density at radius 3 is 2.71 bits per heavy atom. The predicted octanol–water partition coefficient (Wildman–Crippen LogP) is 2.87. The van der Waals surface area contributed by atoms with Crippen molar-refractivity contribution in [2.45, 2.75) is 12.5 Å². The molecule has 2 rings (SSSR count). The summed E-state index contributed by atoms with van der Waals surface area (Å²) < 4.78 is 13.5. The molecule has 1 unspecified atom stereocenters. The zero-order valence-corrected chi connectivity index (χ0v) is 12.0. The lowest BCUT2D eigenvalue weighted by molar-refractivity contribution is -0.120. The second-order valence-corrected chi connectivity index (χ2v) is 5.08. The molecule has 0 spiro atoms. The molecule has 3 nitrogen and oxygen atoms in total. The highest BCUT2D eigenvalue weighted by Crippen LogP contribution is 2.16. The molecule has 0 aliphatic heterocycles. The van der Waals surface area contributed by atoms with E-state index in [0.717, 1.165) is 5.56 Å². The third-order valence-electron chi connectivity index (χ3n) is 3.01. The van der Waals surface area contributed by atoms with Crippen molar-refractivity contribution in [3.05, 3.63) is 70.5 Å².